The second kappa shape index (κ2) is 7.62. The van der Waals surface area contributed by atoms with Gasteiger partial charge in [-0.2, -0.15) is 0 Å². The maximum atomic E-state index is 5.90. The summed E-state index contributed by atoms with van der Waals surface area (Å²) in [5.41, 5.74) is 7.13. The molecule has 4 heteroatoms. The number of morpholine rings is 1. The number of nitrogens with zero attached hydrogens (tertiary/aromatic N) is 1. The van der Waals surface area contributed by atoms with Crippen LogP contribution in [0.2, 0.25) is 0 Å². The highest BCUT2D eigenvalue weighted by atomic mass is 16.5. The first-order valence-electron chi connectivity index (χ1n) is 7.44. The predicted molar refractivity (Wildman–Crippen MR) is 81.1 cm³/mol. The lowest BCUT2D eigenvalue weighted by Gasteiger charge is -2.34. The molecule has 112 valence electrons. The van der Waals surface area contributed by atoms with Crippen LogP contribution in [0.25, 0.3) is 0 Å². The van der Waals surface area contributed by atoms with Gasteiger partial charge in [0.05, 0.1) is 19.3 Å². The highest BCUT2D eigenvalue weighted by Crippen LogP contribution is 2.13. The van der Waals surface area contributed by atoms with Crippen LogP contribution in [0.5, 0.6) is 5.75 Å². The van der Waals surface area contributed by atoms with Crippen LogP contribution in [-0.2, 0) is 4.74 Å². The van der Waals surface area contributed by atoms with Gasteiger partial charge in [-0.15, -0.1) is 0 Å². The normalized spacial score (nSPS) is 21.6. The Kier molecular flexibility index (Phi) is 5.83. The maximum Gasteiger partial charge on any atom is 0.119 e. The third kappa shape index (κ3) is 4.78. The molecule has 0 saturated carbocycles. The summed E-state index contributed by atoms with van der Waals surface area (Å²) >= 11 is 0. The molecular formula is C16H26N2O2. The molecule has 2 atom stereocenters. The van der Waals surface area contributed by atoms with Crippen molar-refractivity contribution in [2.45, 2.75) is 32.4 Å². The molecule has 1 aromatic carbocycles. The average Bonchev–Trinajstić information content (AvgIpc) is 2.44. The molecule has 0 aromatic heterocycles. The fourth-order valence-electron chi connectivity index (χ4n) is 2.44. The highest BCUT2D eigenvalue weighted by Gasteiger charge is 2.22. The van der Waals surface area contributed by atoms with Crippen molar-refractivity contribution < 1.29 is 9.47 Å². The lowest BCUT2D eigenvalue weighted by atomic mass is 10.1. The first kappa shape index (κ1) is 15.3. The molecule has 2 unspecified atom stereocenters. The Morgan fingerprint density at radius 2 is 2.35 bits per heavy atom. The standard InChI is InChI=1S/C16H26N2O2/c1-13-5-3-6-15(11-13)19-9-4-7-18-8-10-20-16(12-18)14(2)17/h3,5-6,11,14,16H,4,7-10,12,17H2,1-2H3. The number of rotatable bonds is 6. The number of benzene rings is 1. The molecule has 2 rings (SSSR count). The Labute approximate surface area is 121 Å². The molecule has 0 bridgehead atoms. The zero-order valence-electron chi connectivity index (χ0n) is 12.5. The zero-order chi connectivity index (χ0) is 14.4. The van der Waals surface area contributed by atoms with Crippen molar-refractivity contribution in [1.29, 1.82) is 0 Å². The minimum Gasteiger partial charge on any atom is -0.494 e. The highest BCUT2D eigenvalue weighted by molar-refractivity contribution is 5.27. The van der Waals surface area contributed by atoms with Gasteiger partial charge in [0.2, 0.25) is 0 Å². The summed E-state index contributed by atoms with van der Waals surface area (Å²) < 4.78 is 11.4. The molecule has 2 N–H and O–H groups in total. The summed E-state index contributed by atoms with van der Waals surface area (Å²) in [5.74, 6) is 0.959. The van der Waals surface area contributed by atoms with Crippen LogP contribution in [-0.4, -0.2) is 49.9 Å². The van der Waals surface area contributed by atoms with Crippen LogP contribution in [0.3, 0.4) is 0 Å². The van der Waals surface area contributed by atoms with Gasteiger partial charge in [-0.3, -0.25) is 4.90 Å². The summed E-state index contributed by atoms with van der Waals surface area (Å²) in [7, 11) is 0. The van der Waals surface area contributed by atoms with Crippen LogP contribution in [0.4, 0.5) is 0 Å². The second-order valence-corrected chi connectivity index (χ2v) is 5.59. The monoisotopic (exact) mass is 278 g/mol. The summed E-state index contributed by atoms with van der Waals surface area (Å²) in [6.45, 7) is 8.59. The van der Waals surface area contributed by atoms with Gasteiger partial charge in [-0.25, -0.2) is 0 Å². The minimum atomic E-state index is 0.0985. The van der Waals surface area contributed by atoms with Gasteiger partial charge in [0.1, 0.15) is 5.75 Å². The number of hydrogen-bond donors (Lipinski definition) is 1. The molecule has 0 radical (unpaired) electrons. The molecule has 1 aliphatic heterocycles. The van der Waals surface area contributed by atoms with Gasteiger partial charge in [0.15, 0.2) is 0 Å². The summed E-state index contributed by atoms with van der Waals surface area (Å²) in [6, 6.07) is 8.28. The molecule has 0 amide bonds. The topological polar surface area (TPSA) is 47.7 Å². The van der Waals surface area contributed by atoms with E-state index in [1.165, 1.54) is 5.56 Å². The van der Waals surface area contributed by atoms with Gasteiger partial charge in [-0.05, 0) is 38.0 Å². The first-order valence-corrected chi connectivity index (χ1v) is 7.44. The molecule has 1 saturated heterocycles. The van der Waals surface area contributed by atoms with Crippen LogP contribution >= 0.6 is 0 Å². The van der Waals surface area contributed by atoms with Crippen LogP contribution in [0.15, 0.2) is 24.3 Å². The van der Waals surface area contributed by atoms with Crippen molar-refractivity contribution >= 4 is 0 Å². The van der Waals surface area contributed by atoms with E-state index in [4.69, 9.17) is 15.2 Å². The minimum absolute atomic E-state index is 0.0985. The molecule has 1 heterocycles. The number of nitrogens with two attached hydrogens (primary N) is 1. The largest absolute Gasteiger partial charge is 0.494 e. The van der Waals surface area contributed by atoms with E-state index in [1.54, 1.807) is 0 Å². The van der Waals surface area contributed by atoms with Crippen molar-refractivity contribution in [3.63, 3.8) is 0 Å². The number of ether oxygens (including phenoxy) is 2. The van der Waals surface area contributed by atoms with Crippen molar-refractivity contribution in [2.75, 3.05) is 32.8 Å². The van der Waals surface area contributed by atoms with Crippen molar-refractivity contribution in [2.24, 2.45) is 5.73 Å². The van der Waals surface area contributed by atoms with E-state index in [0.29, 0.717) is 0 Å². The molecule has 0 aliphatic carbocycles. The third-order valence-electron chi connectivity index (χ3n) is 3.64. The van der Waals surface area contributed by atoms with Crippen LogP contribution < -0.4 is 10.5 Å². The summed E-state index contributed by atoms with van der Waals surface area (Å²) in [6.07, 6.45) is 1.20. The van der Waals surface area contributed by atoms with E-state index < -0.39 is 0 Å². The van der Waals surface area contributed by atoms with E-state index in [1.807, 2.05) is 19.1 Å². The Balaban J connectivity index is 1.66. The fourth-order valence-corrected chi connectivity index (χ4v) is 2.44. The lowest BCUT2D eigenvalue weighted by molar-refractivity contribution is -0.0385. The zero-order valence-corrected chi connectivity index (χ0v) is 12.5. The Morgan fingerprint density at radius 1 is 1.50 bits per heavy atom. The van der Waals surface area contributed by atoms with E-state index >= 15 is 0 Å². The van der Waals surface area contributed by atoms with Crippen molar-refractivity contribution in [3.05, 3.63) is 29.8 Å². The average molecular weight is 278 g/mol. The van der Waals surface area contributed by atoms with Gasteiger partial charge >= 0.3 is 0 Å². The molecular weight excluding hydrogens is 252 g/mol. The predicted octanol–water partition coefficient (Wildman–Crippen LogP) is 1.81. The van der Waals surface area contributed by atoms with Crippen molar-refractivity contribution in [3.8, 4) is 5.75 Å². The van der Waals surface area contributed by atoms with Gasteiger partial charge in [-0.1, -0.05) is 12.1 Å². The van der Waals surface area contributed by atoms with Crippen LogP contribution in [0.1, 0.15) is 18.9 Å². The molecule has 1 fully saturated rings. The third-order valence-corrected chi connectivity index (χ3v) is 3.64. The van der Waals surface area contributed by atoms with E-state index in [-0.39, 0.29) is 12.1 Å². The Morgan fingerprint density at radius 3 is 3.10 bits per heavy atom. The van der Waals surface area contributed by atoms with Gasteiger partial charge in [0, 0.05) is 25.7 Å². The fraction of sp³-hybridized carbons (Fsp3) is 0.625. The summed E-state index contributed by atoms with van der Waals surface area (Å²) in [5, 5.41) is 0. The smallest absolute Gasteiger partial charge is 0.119 e. The van der Waals surface area contributed by atoms with Gasteiger partial charge < -0.3 is 15.2 Å². The second-order valence-electron chi connectivity index (χ2n) is 5.59. The van der Waals surface area contributed by atoms with E-state index in [9.17, 15) is 0 Å². The molecule has 20 heavy (non-hydrogen) atoms. The Bertz CT molecular complexity index is 409. The lowest BCUT2D eigenvalue weighted by Crippen LogP contribution is -2.49. The maximum absolute atomic E-state index is 5.90. The van der Waals surface area contributed by atoms with Gasteiger partial charge in [0.25, 0.3) is 0 Å². The summed E-state index contributed by atoms with van der Waals surface area (Å²) in [4.78, 5) is 2.41. The van der Waals surface area contributed by atoms with Crippen molar-refractivity contribution in [1.82, 2.24) is 4.90 Å². The number of aryl methyl sites for hydroxylation is 1. The quantitative estimate of drug-likeness (QED) is 0.806. The van der Waals surface area contributed by atoms with Crippen LogP contribution in [0, 0.1) is 6.92 Å². The SMILES string of the molecule is Cc1cccc(OCCCN2CCOC(C(C)N)C2)c1. The molecule has 0 spiro atoms. The molecule has 1 aliphatic rings. The van der Waals surface area contributed by atoms with E-state index in [0.717, 1.165) is 45.0 Å². The Hall–Kier alpha value is -1.10. The molecule has 4 nitrogen and oxygen atoms in total. The van der Waals surface area contributed by atoms with E-state index in [2.05, 4.69) is 24.0 Å². The molecule has 1 aromatic rings. The number of hydrogen-bond acceptors (Lipinski definition) is 4. The first-order chi connectivity index (χ1) is 9.65.